The molecule has 8 heteroatoms. The molecule has 0 unspecified atom stereocenters. The van der Waals surface area contributed by atoms with E-state index < -0.39 is 23.9 Å². The third-order valence-electron chi connectivity index (χ3n) is 1.03. The fraction of sp³-hybridized carbons (Fsp3) is 0. The highest BCUT2D eigenvalue weighted by molar-refractivity contribution is 8.15. The van der Waals surface area contributed by atoms with E-state index in [4.69, 9.17) is 10.7 Å². The van der Waals surface area contributed by atoms with Crippen molar-refractivity contribution in [2.45, 2.75) is 4.21 Å². The lowest BCUT2D eigenvalue weighted by Crippen LogP contribution is -1.93. The van der Waals surface area contributed by atoms with Crippen molar-refractivity contribution in [3.63, 3.8) is 0 Å². The zero-order valence-corrected chi connectivity index (χ0v) is 7.82. The normalized spacial score (nSPS) is 11.4. The first-order valence-corrected chi connectivity index (χ1v) is 5.78. The molecule has 0 aromatic carbocycles. The van der Waals surface area contributed by atoms with Gasteiger partial charge in [0, 0.05) is 16.7 Å². The number of nitrogens with zero attached hydrogens (tertiary/aromatic N) is 1. The Labute approximate surface area is 76.2 Å². The molecule has 1 aromatic heterocycles. The number of hydrogen-bond acceptors (Lipinski definition) is 5. The van der Waals surface area contributed by atoms with Gasteiger partial charge in [-0.05, 0) is 5.38 Å². The molecule has 1 heterocycles. The predicted molar refractivity (Wildman–Crippen MR) is 44.0 cm³/mol. The van der Waals surface area contributed by atoms with E-state index in [1.807, 2.05) is 0 Å². The van der Waals surface area contributed by atoms with Gasteiger partial charge in [-0.25, -0.2) is 8.42 Å². The second kappa shape index (κ2) is 3.00. The summed E-state index contributed by atoms with van der Waals surface area (Å²) in [5.41, 5.74) is -0.477. The van der Waals surface area contributed by atoms with E-state index in [1.165, 1.54) is 5.38 Å². The van der Waals surface area contributed by atoms with Crippen molar-refractivity contribution in [3.8, 4) is 0 Å². The maximum absolute atomic E-state index is 10.7. The summed E-state index contributed by atoms with van der Waals surface area (Å²) in [6, 6.07) is 1.10. The summed E-state index contributed by atoms with van der Waals surface area (Å²) in [4.78, 5) is 9.43. The van der Waals surface area contributed by atoms with E-state index in [2.05, 4.69) is 0 Å². The van der Waals surface area contributed by atoms with Gasteiger partial charge in [-0.3, -0.25) is 10.1 Å². The molecule has 0 bridgehead atoms. The van der Waals surface area contributed by atoms with E-state index in [9.17, 15) is 18.5 Å². The van der Waals surface area contributed by atoms with Crippen molar-refractivity contribution in [2.75, 3.05) is 0 Å². The standard InChI is InChI=1S/C4H2ClNO4S2/c5-12(9,10)4-3(6(7)8)1-2-11-4/h1-2H. The maximum Gasteiger partial charge on any atom is 0.300 e. The fourth-order valence-electron chi connectivity index (χ4n) is 0.606. The minimum absolute atomic E-state index is 0.422. The van der Waals surface area contributed by atoms with Crippen molar-refractivity contribution in [2.24, 2.45) is 0 Å². The van der Waals surface area contributed by atoms with Crippen LogP contribution in [0.1, 0.15) is 0 Å². The molecular formula is C4H2ClNO4S2. The summed E-state index contributed by atoms with van der Waals surface area (Å²) >= 11 is 0.723. The molecule has 0 fully saturated rings. The molecule has 0 spiro atoms. The fourth-order valence-corrected chi connectivity index (χ4v) is 2.77. The molecule has 0 N–H and O–H groups in total. The van der Waals surface area contributed by atoms with Crippen molar-refractivity contribution in [3.05, 3.63) is 21.6 Å². The Morgan fingerprint density at radius 1 is 1.58 bits per heavy atom. The zero-order valence-electron chi connectivity index (χ0n) is 5.43. The average molecular weight is 228 g/mol. The van der Waals surface area contributed by atoms with Crippen molar-refractivity contribution >= 4 is 36.8 Å². The van der Waals surface area contributed by atoms with Crippen LogP contribution in [0, 0.1) is 10.1 Å². The van der Waals surface area contributed by atoms with Crippen LogP contribution in [0.15, 0.2) is 15.7 Å². The second-order valence-corrected chi connectivity index (χ2v) is 5.47. The van der Waals surface area contributed by atoms with Gasteiger partial charge >= 0.3 is 0 Å². The van der Waals surface area contributed by atoms with Gasteiger partial charge < -0.3 is 0 Å². The number of thiophene rings is 1. The highest BCUT2D eigenvalue weighted by Gasteiger charge is 2.25. The molecule has 0 aliphatic carbocycles. The Bertz CT molecular complexity index is 408. The lowest BCUT2D eigenvalue weighted by molar-refractivity contribution is -0.387. The van der Waals surface area contributed by atoms with Crippen molar-refractivity contribution in [1.82, 2.24) is 0 Å². The van der Waals surface area contributed by atoms with Crippen LogP contribution in [-0.2, 0) is 9.05 Å². The Morgan fingerprint density at radius 3 is 2.50 bits per heavy atom. The third kappa shape index (κ3) is 1.74. The van der Waals surface area contributed by atoms with Gasteiger partial charge in [-0.2, -0.15) is 0 Å². The van der Waals surface area contributed by atoms with Gasteiger partial charge in [-0.1, -0.05) is 0 Å². The molecule has 0 aliphatic heterocycles. The minimum Gasteiger partial charge on any atom is -0.258 e. The predicted octanol–water partition coefficient (Wildman–Crippen LogP) is 1.58. The van der Waals surface area contributed by atoms with Crippen LogP contribution in [0.5, 0.6) is 0 Å². The Balaban J connectivity index is 3.36. The number of halogens is 1. The van der Waals surface area contributed by atoms with Gasteiger partial charge in [0.2, 0.25) is 4.21 Å². The van der Waals surface area contributed by atoms with Gasteiger partial charge in [0.05, 0.1) is 4.92 Å². The summed E-state index contributed by atoms with van der Waals surface area (Å²) in [5.74, 6) is 0. The molecule has 66 valence electrons. The first-order valence-electron chi connectivity index (χ1n) is 2.59. The topological polar surface area (TPSA) is 77.3 Å². The molecule has 0 radical (unpaired) electrons. The maximum atomic E-state index is 10.7. The van der Waals surface area contributed by atoms with Gasteiger partial charge in [0.15, 0.2) is 0 Å². The summed E-state index contributed by atoms with van der Waals surface area (Å²) in [7, 11) is 0.941. The third-order valence-corrected chi connectivity index (χ3v) is 4.06. The van der Waals surface area contributed by atoms with Crippen LogP contribution in [0.4, 0.5) is 5.69 Å². The summed E-state index contributed by atoms with van der Waals surface area (Å²) < 4.78 is 21.0. The highest BCUT2D eigenvalue weighted by atomic mass is 35.7. The van der Waals surface area contributed by atoms with Crippen molar-refractivity contribution < 1.29 is 13.3 Å². The van der Waals surface area contributed by atoms with Gasteiger partial charge in [-0.15, -0.1) is 11.3 Å². The average Bonchev–Trinajstić information content (AvgIpc) is 2.30. The second-order valence-electron chi connectivity index (χ2n) is 1.79. The van der Waals surface area contributed by atoms with Crippen LogP contribution in [0.25, 0.3) is 0 Å². The van der Waals surface area contributed by atoms with Gasteiger partial charge in [0.1, 0.15) is 0 Å². The van der Waals surface area contributed by atoms with E-state index in [0.29, 0.717) is 0 Å². The van der Waals surface area contributed by atoms with E-state index in [-0.39, 0.29) is 0 Å². The molecule has 0 aliphatic rings. The van der Waals surface area contributed by atoms with Crippen LogP contribution in [0.2, 0.25) is 0 Å². The molecule has 12 heavy (non-hydrogen) atoms. The Hall–Kier alpha value is -0.660. The lowest BCUT2D eigenvalue weighted by Gasteiger charge is -1.89. The molecule has 0 saturated heterocycles. The first kappa shape index (κ1) is 9.43. The number of hydrogen-bond donors (Lipinski definition) is 0. The smallest absolute Gasteiger partial charge is 0.258 e. The largest absolute Gasteiger partial charge is 0.300 e. The molecule has 0 saturated carbocycles. The summed E-state index contributed by atoms with van der Waals surface area (Å²) in [5, 5.41) is 11.5. The van der Waals surface area contributed by atoms with Crippen LogP contribution in [-0.4, -0.2) is 13.3 Å². The quantitative estimate of drug-likeness (QED) is 0.437. The Kier molecular flexibility index (Phi) is 2.36. The monoisotopic (exact) mass is 227 g/mol. The van der Waals surface area contributed by atoms with E-state index in [1.54, 1.807) is 0 Å². The minimum atomic E-state index is -3.99. The van der Waals surface area contributed by atoms with Gasteiger partial charge in [0.25, 0.3) is 14.7 Å². The molecule has 1 aromatic rings. The molecule has 0 amide bonds. The van der Waals surface area contributed by atoms with E-state index in [0.717, 1.165) is 17.4 Å². The zero-order chi connectivity index (χ0) is 9.35. The van der Waals surface area contributed by atoms with Crippen molar-refractivity contribution in [1.29, 1.82) is 0 Å². The summed E-state index contributed by atoms with van der Waals surface area (Å²) in [6.07, 6.45) is 0. The Morgan fingerprint density at radius 2 is 2.17 bits per heavy atom. The SMILES string of the molecule is O=[N+]([O-])c1ccsc1S(=O)(=O)Cl. The lowest BCUT2D eigenvalue weighted by atomic mass is 10.6. The highest BCUT2D eigenvalue weighted by Crippen LogP contribution is 2.31. The molecular weight excluding hydrogens is 226 g/mol. The molecule has 1 rings (SSSR count). The molecule has 5 nitrogen and oxygen atoms in total. The summed E-state index contributed by atoms with van der Waals surface area (Å²) in [6.45, 7) is 0. The van der Waals surface area contributed by atoms with Crippen LogP contribution >= 0.6 is 22.0 Å². The first-order chi connectivity index (χ1) is 5.43. The number of rotatable bonds is 2. The van der Waals surface area contributed by atoms with Crippen LogP contribution < -0.4 is 0 Å². The molecule has 0 atom stereocenters. The number of nitro groups is 1. The van der Waals surface area contributed by atoms with E-state index >= 15 is 0 Å². The van der Waals surface area contributed by atoms with Crippen LogP contribution in [0.3, 0.4) is 0 Å².